The van der Waals surface area contributed by atoms with Gasteiger partial charge in [0.2, 0.25) is 0 Å². The van der Waals surface area contributed by atoms with E-state index < -0.39 is 19.9 Å². The molecule has 162 valence electrons. The Morgan fingerprint density at radius 3 is 2.11 bits per heavy atom. The van der Waals surface area contributed by atoms with Crippen LogP contribution in [0.2, 0.25) is 0 Å². The van der Waals surface area contributed by atoms with Crippen LogP contribution < -0.4 is 0 Å². The van der Waals surface area contributed by atoms with Gasteiger partial charge in [0.25, 0.3) is 0 Å². The molecule has 0 saturated carbocycles. The highest BCUT2D eigenvalue weighted by Crippen LogP contribution is 2.45. The predicted octanol–water partition coefficient (Wildman–Crippen LogP) is 4.29. The maximum atomic E-state index is 12.2. The van der Waals surface area contributed by atoms with E-state index in [1.807, 2.05) is 21.1 Å². The van der Waals surface area contributed by atoms with E-state index in [4.69, 9.17) is 13.8 Å². The maximum Gasteiger partial charge on any atom is 0.472 e. The molecule has 1 N–H and O–H groups in total. The van der Waals surface area contributed by atoms with Crippen LogP contribution in [0.3, 0.4) is 0 Å². The lowest BCUT2D eigenvalue weighted by Gasteiger charge is -2.25. The Labute approximate surface area is 165 Å². The summed E-state index contributed by atoms with van der Waals surface area (Å²) in [4.78, 5) is 21.0. The van der Waals surface area contributed by atoms with Crippen molar-refractivity contribution in [1.82, 2.24) is 0 Å². The summed E-state index contributed by atoms with van der Waals surface area (Å²) in [5.74, 6) is -0.432. The van der Waals surface area contributed by atoms with Gasteiger partial charge < -0.3 is 14.1 Å². The average Bonchev–Trinajstić information content (AvgIpc) is 2.53. The molecule has 27 heavy (non-hydrogen) atoms. The molecule has 0 saturated heterocycles. The Morgan fingerprint density at radius 1 is 1.04 bits per heavy atom. The van der Waals surface area contributed by atoms with Crippen molar-refractivity contribution in [2.75, 3.05) is 40.9 Å². The molecule has 0 aliphatic carbocycles. The van der Waals surface area contributed by atoms with E-state index in [1.54, 1.807) is 0 Å². The van der Waals surface area contributed by atoms with Crippen LogP contribution in [-0.2, 0) is 23.1 Å². The molecule has 2 atom stereocenters. The monoisotopic (exact) mass is 410 g/mol. The van der Waals surface area contributed by atoms with Crippen molar-refractivity contribution in [3.63, 3.8) is 0 Å². The van der Waals surface area contributed by atoms with Crippen LogP contribution in [0.1, 0.15) is 71.6 Å². The van der Waals surface area contributed by atoms with Gasteiger partial charge in [0, 0.05) is 6.92 Å². The maximum absolute atomic E-state index is 12.2. The van der Waals surface area contributed by atoms with Crippen molar-refractivity contribution >= 4 is 13.8 Å². The van der Waals surface area contributed by atoms with Crippen LogP contribution in [0.15, 0.2) is 0 Å². The predicted molar refractivity (Wildman–Crippen MR) is 107 cm³/mol. The van der Waals surface area contributed by atoms with Crippen molar-refractivity contribution < 1.29 is 32.5 Å². The molecular formula is C19H41NO6P+. The van der Waals surface area contributed by atoms with Crippen LogP contribution in [0, 0.1) is 0 Å². The van der Waals surface area contributed by atoms with Gasteiger partial charge in [-0.2, -0.15) is 0 Å². The summed E-state index contributed by atoms with van der Waals surface area (Å²) in [6, 6.07) is 0. The molecule has 0 aromatic heterocycles. The van der Waals surface area contributed by atoms with Gasteiger partial charge >= 0.3 is 13.8 Å². The van der Waals surface area contributed by atoms with Crippen molar-refractivity contribution in [3.8, 4) is 0 Å². The summed E-state index contributed by atoms with van der Waals surface area (Å²) in [5.41, 5.74) is 0. The third-order valence-electron chi connectivity index (χ3n) is 4.15. The molecule has 2 unspecified atom stereocenters. The van der Waals surface area contributed by atoms with Gasteiger partial charge in [-0.15, -0.1) is 0 Å². The molecule has 0 aromatic rings. The van der Waals surface area contributed by atoms with Gasteiger partial charge in [0.05, 0.1) is 21.1 Å². The van der Waals surface area contributed by atoms with E-state index in [-0.39, 0.29) is 13.2 Å². The third-order valence-corrected chi connectivity index (χ3v) is 5.22. The Bertz CT molecular complexity index is 438. The van der Waals surface area contributed by atoms with E-state index in [2.05, 4.69) is 6.92 Å². The van der Waals surface area contributed by atoms with Gasteiger partial charge in [-0.05, 0) is 6.42 Å². The quantitative estimate of drug-likeness (QED) is 0.167. The number of carbonyl (C=O) groups excluding carboxylic acids is 1. The largest absolute Gasteiger partial charge is 0.472 e. The molecule has 0 fully saturated rings. The van der Waals surface area contributed by atoms with Crippen LogP contribution >= 0.6 is 7.82 Å². The number of likely N-dealkylation sites (N-methyl/N-ethyl adjacent to an activating group) is 1. The van der Waals surface area contributed by atoms with Gasteiger partial charge in [-0.3, -0.25) is 13.8 Å². The Morgan fingerprint density at radius 2 is 1.59 bits per heavy atom. The van der Waals surface area contributed by atoms with Gasteiger partial charge in [0.1, 0.15) is 25.9 Å². The van der Waals surface area contributed by atoms with Gasteiger partial charge in [-0.25, -0.2) is 4.57 Å². The number of phosphoric ester groups is 1. The number of rotatable bonds is 17. The molecule has 7 nitrogen and oxygen atoms in total. The third kappa shape index (κ3) is 18.7. The number of hydrogen-bond donors (Lipinski definition) is 1. The fraction of sp³-hybridized carbons (Fsp3) is 0.947. The van der Waals surface area contributed by atoms with Crippen LogP contribution in [0.25, 0.3) is 0 Å². The van der Waals surface area contributed by atoms with Crippen molar-refractivity contribution in [3.05, 3.63) is 0 Å². The minimum absolute atomic E-state index is 0.0327. The highest BCUT2D eigenvalue weighted by molar-refractivity contribution is 7.47. The molecule has 0 rings (SSSR count). The lowest BCUT2D eigenvalue weighted by Crippen LogP contribution is -2.37. The van der Waals surface area contributed by atoms with Crippen molar-refractivity contribution in [2.24, 2.45) is 0 Å². The zero-order valence-corrected chi connectivity index (χ0v) is 18.8. The molecule has 0 bridgehead atoms. The topological polar surface area (TPSA) is 82.1 Å². The molecular weight excluding hydrogens is 369 g/mol. The smallest absolute Gasteiger partial charge is 0.463 e. The van der Waals surface area contributed by atoms with E-state index in [1.165, 1.54) is 39.0 Å². The summed E-state index contributed by atoms with van der Waals surface area (Å²) in [5, 5.41) is 0. The molecule has 0 amide bonds. The number of esters is 1. The highest BCUT2D eigenvalue weighted by atomic mass is 31.2. The second kappa shape index (κ2) is 14.5. The lowest BCUT2D eigenvalue weighted by atomic mass is 10.1. The summed E-state index contributed by atoms with van der Waals surface area (Å²) in [7, 11) is 1.74. The first-order valence-electron chi connectivity index (χ1n) is 10.2. The van der Waals surface area contributed by atoms with Crippen LogP contribution in [-0.4, -0.2) is 62.4 Å². The average molecular weight is 411 g/mol. The van der Waals surface area contributed by atoms with E-state index >= 15 is 0 Å². The SMILES string of the molecule is CCCCCCCCCCC(COC(C)=O)OP(=O)(O)OCC[N+](C)(C)C. The fourth-order valence-corrected chi connectivity index (χ4v) is 3.45. The second-order valence-corrected chi connectivity index (χ2v) is 9.52. The van der Waals surface area contributed by atoms with Gasteiger partial charge in [-0.1, -0.05) is 58.3 Å². The lowest BCUT2D eigenvalue weighted by molar-refractivity contribution is -0.870. The van der Waals surface area contributed by atoms with Crippen molar-refractivity contribution in [2.45, 2.75) is 77.7 Å². The first-order chi connectivity index (χ1) is 12.6. The Hall–Kier alpha value is -0.460. The number of ether oxygens (including phenoxy) is 1. The molecule has 8 heteroatoms. The zero-order chi connectivity index (χ0) is 20.8. The summed E-state index contributed by atoms with van der Waals surface area (Å²) in [6.07, 6.45) is 9.25. The molecule has 0 aliphatic rings. The highest BCUT2D eigenvalue weighted by Gasteiger charge is 2.28. The number of carbonyl (C=O) groups is 1. The first kappa shape index (κ1) is 26.5. The molecule has 0 aliphatic heterocycles. The molecule has 0 spiro atoms. The minimum Gasteiger partial charge on any atom is -0.463 e. The number of phosphoric acid groups is 1. The van der Waals surface area contributed by atoms with Crippen molar-refractivity contribution in [1.29, 1.82) is 0 Å². The summed E-state index contributed by atoms with van der Waals surface area (Å²) < 4.78 is 28.1. The number of nitrogens with zero attached hydrogens (tertiary/aromatic N) is 1. The van der Waals surface area contributed by atoms with E-state index in [9.17, 15) is 14.3 Å². The van der Waals surface area contributed by atoms with Crippen LogP contribution in [0.5, 0.6) is 0 Å². The Kier molecular flexibility index (Phi) is 14.3. The fourth-order valence-electron chi connectivity index (χ4n) is 2.53. The first-order valence-corrected chi connectivity index (χ1v) is 11.6. The Balaban J connectivity index is 4.25. The zero-order valence-electron chi connectivity index (χ0n) is 17.9. The number of quaternary nitrogens is 1. The molecule has 0 aromatic carbocycles. The number of unbranched alkanes of at least 4 members (excludes halogenated alkanes) is 7. The summed E-state index contributed by atoms with van der Waals surface area (Å²) >= 11 is 0. The second-order valence-electron chi connectivity index (χ2n) is 8.11. The normalized spacial score (nSPS) is 15.3. The number of hydrogen-bond acceptors (Lipinski definition) is 5. The van der Waals surface area contributed by atoms with Crippen LogP contribution in [0.4, 0.5) is 0 Å². The standard InChI is InChI=1S/C19H40NO6P/c1-6-7-8-9-10-11-12-13-14-19(17-24-18(2)21)26-27(22,23)25-16-15-20(3,4)5/h19H,6-17H2,1-5H3/p+1. The van der Waals surface area contributed by atoms with Gasteiger partial charge in [0.15, 0.2) is 0 Å². The summed E-state index contributed by atoms with van der Waals surface area (Å²) in [6.45, 7) is 4.18. The van der Waals surface area contributed by atoms with E-state index in [0.717, 1.165) is 19.3 Å². The minimum atomic E-state index is -4.17. The van der Waals surface area contributed by atoms with E-state index in [0.29, 0.717) is 17.4 Å². The molecule has 0 heterocycles. The molecule has 0 radical (unpaired) electrons.